The lowest BCUT2D eigenvalue weighted by molar-refractivity contribution is -0.126. The minimum absolute atomic E-state index is 0.0231. The highest BCUT2D eigenvalue weighted by Gasteiger charge is 2.30. The van der Waals surface area contributed by atoms with E-state index >= 15 is 0 Å². The van der Waals surface area contributed by atoms with Gasteiger partial charge in [0.2, 0.25) is 5.91 Å². The highest BCUT2D eigenvalue weighted by atomic mass is 16.2. The zero-order valence-corrected chi connectivity index (χ0v) is 16.8. The van der Waals surface area contributed by atoms with E-state index in [1.807, 2.05) is 44.1 Å². The molecule has 4 rings (SSSR count). The molecule has 3 aromatic heterocycles. The maximum atomic E-state index is 12.8. The fourth-order valence-corrected chi connectivity index (χ4v) is 3.57. The number of carbonyl (C=O) groups excluding carboxylic acids is 1. The van der Waals surface area contributed by atoms with Crippen molar-refractivity contribution in [2.75, 3.05) is 11.9 Å². The summed E-state index contributed by atoms with van der Waals surface area (Å²) in [6.07, 6.45) is 8.82. The van der Waals surface area contributed by atoms with Crippen LogP contribution in [0, 0.1) is 13.8 Å². The molecule has 1 aliphatic rings. The molecule has 1 unspecified atom stereocenters. The van der Waals surface area contributed by atoms with Crippen molar-refractivity contribution in [1.29, 1.82) is 0 Å². The summed E-state index contributed by atoms with van der Waals surface area (Å²) in [5, 5.41) is 14.4. The standard InChI is InChI=1S/C20H24N8O/c1-13-9-19(26-25-13)24-18-10-16(22-14(2)23-18)17-5-4-8-28(17)20(29)7-6-15-11-21-27(3)12-15/h6-7,9-12,17H,4-5,8H2,1-3H3,(H2,22,23,24,25,26). The number of rotatable bonds is 5. The van der Waals surface area contributed by atoms with Crippen molar-refractivity contribution in [2.24, 2.45) is 7.05 Å². The average molecular weight is 392 g/mol. The molecule has 4 heterocycles. The molecule has 0 aliphatic carbocycles. The topological polar surface area (TPSA) is 105 Å². The number of aromatic amines is 1. The van der Waals surface area contributed by atoms with E-state index in [1.54, 1.807) is 23.0 Å². The number of hydrogen-bond donors (Lipinski definition) is 2. The molecule has 1 fully saturated rings. The van der Waals surface area contributed by atoms with E-state index in [4.69, 9.17) is 0 Å². The van der Waals surface area contributed by atoms with Gasteiger partial charge in [0.15, 0.2) is 5.82 Å². The number of anilines is 2. The lowest BCUT2D eigenvalue weighted by Crippen LogP contribution is -2.29. The first-order chi connectivity index (χ1) is 14.0. The Labute approximate surface area is 168 Å². The number of aromatic nitrogens is 6. The van der Waals surface area contributed by atoms with E-state index in [0.29, 0.717) is 24.0 Å². The van der Waals surface area contributed by atoms with Crippen molar-refractivity contribution >= 4 is 23.6 Å². The summed E-state index contributed by atoms with van der Waals surface area (Å²) in [4.78, 5) is 23.7. The fourth-order valence-electron chi connectivity index (χ4n) is 3.57. The van der Waals surface area contributed by atoms with E-state index in [0.717, 1.165) is 29.8 Å². The Balaban J connectivity index is 1.53. The van der Waals surface area contributed by atoms with E-state index in [-0.39, 0.29) is 11.9 Å². The van der Waals surface area contributed by atoms with Gasteiger partial charge in [0.05, 0.1) is 17.9 Å². The summed E-state index contributed by atoms with van der Waals surface area (Å²) >= 11 is 0. The molecular formula is C20H24N8O. The van der Waals surface area contributed by atoms with Crippen LogP contribution in [-0.4, -0.2) is 47.3 Å². The molecule has 1 saturated heterocycles. The molecule has 1 atom stereocenters. The quantitative estimate of drug-likeness (QED) is 0.647. The van der Waals surface area contributed by atoms with Crippen molar-refractivity contribution < 1.29 is 4.79 Å². The van der Waals surface area contributed by atoms with Gasteiger partial charge >= 0.3 is 0 Å². The molecule has 9 heteroatoms. The second kappa shape index (κ2) is 7.86. The third-order valence-corrected chi connectivity index (χ3v) is 4.84. The van der Waals surface area contributed by atoms with Crippen molar-refractivity contribution in [3.63, 3.8) is 0 Å². The van der Waals surface area contributed by atoms with Crippen molar-refractivity contribution in [3.8, 4) is 0 Å². The number of nitrogens with zero attached hydrogens (tertiary/aromatic N) is 6. The summed E-state index contributed by atoms with van der Waals surface area (Å²) < 4.78 is 1.71. The van der Waals surface area contributed by atoms with Gasteiger partial charge in [-0.05, 0) is 32.8 Å². The number of likely N-dealkylation sites (tertiary alicyclic amines) is 1. The molecule has 1 aliphatic heterocycles. The first kappa shape index (κ1) is 18.9. The Kier molecular flexibility index (Phi) is 5.11. The van der Waals surface area contributed by atoms with E-state index in [9.17, 15) is 4.79 Å². The van der Waals surface area contributed by atoms with Crippen molar-refractivity contribution in [1.82, 2.24) is 34.8 Å². The molecule has 0 spiro atoms. The lowest BCUT2D eigenvalue weighted by Gasteiger charge is -2.23. The van der Waals surface area contributed by atoms with E-state index < -0.39 is 0 Å². The summed E-state index contributed by atoms with van der Waals surface area (Å²) in [7, 11) is 1.85. The lowest BCUT2D eigenvalue weighted by atomic mass is 10.1. The molecule has 0 bridgehead atoms. The summed E-state index contributed by atoms with van der Waals surface area (Å²) in [6.45, 7) is 4.51. The Morgan fingerprint density at radius 1 is 1.28 bits per heavy atom. The predicted molar refractivity (Wildman–Crippen MR) is 109 cm³/mol. The molecule has 0 aromatic carbocycles. The van der Waals surface area contributed by atoms with E-state index in [2.05, 4.69) is 30.6 Å². The number of aryl methyl sites for hydroxylation is 3. The van der Waals surface area contributed by atoms with Gasteiger partial charge in [0.1, 0.15) is 11.6 Å². The van der Waals surface area contributed by atoms with Crippen LogP contribution in [0.25, 0.3) is 6.08 Å². The molecule has 2 N–H and O–H groups in total. The van der Waals surface area contributed by atoms with Crippen molar-refractivity contribution in [2.45, 2.75) is 32.7 Å². The van der Waals surface area contributed by atoms with Gasteiger partial charge in [-0.25, -0.2) is 9.97 Å². The summed E-state index contributed by atoms with van der Waals surface area (Å²) in [5.41, 5.74) is 2.70. The first-order valence-corrected chi connectivity index (χ1v) is 9.60. The van der Waals surface area contributed by atoms with Crippen LogP contribution in [0.15, 0.2) is 30.6 Å². The van der Waals surface area contributed by atoms with Crippen LogP contribution in [0.3, 0.4) is 0 Å². The third kappa shape index (κ3) is 4.34. The van der Waals surface area contributed by atoms with Crippen LogP contribution >= 0.6 is 0 Å². The highest BCUT2D eigenvalue weighted by molar-refractivity contribution is 5.92. The monoisotopic (exact) mass is 392 g/mol. The number of carbonyl (C=O) groups is 1. The van der Waals surface area contributed by atoms with Crippen LogP contribution in [0.5, 0.6) is 0 Å². The zero-order valence-electron chi connectivity index (χ0n) is 16.8. The van der Waals surface area contributed by atoms with Crippen molar-refractivity contribution in [3.05, 3.63) is 53.4 Å². The number of nitrogens with one attached hydrogen (secondary N) is 2. The Hall–Kier alpha value is -3.49. The van der Waals surface area contributed by atoms with Crippen LogP contribution in [0.2, 0.25) is 0 Å². The molecular weight excluding hydrogens is 368 g/mol. The summed E-state index contributed by atoms with van der Waals surface area (Å²) in [5.74, 6) is 2.00. The normalized spacial score (nSPS) is 16.7. The van der Waals surface area contributed by atoms with Crippen LogP contribution in [0.4, 0.5) is 11.6 Å². The molecule has 0 saturated carbocycles. The first-order valence-electron chi connectivity index (χ1n) is 9.60. The van der Waals surface area contributed by atoms with Gasteiger partial charge in [0, 0.05) is 49.3 Å². The molecule has 1 amide bonds. The molecule has 0 radical (unpaired) electrons. The molecule has 29 heavy (non-hydrogen) atoms. The van der Waals surface area contributed by atoms with Gasteiger partial charge in [-0.1, -0.05) is 0 Å². The Bertz CT molecular complexity index is 1050. The maximum Gasteiger partial charge on any atom is 0.247 e. The van der Waals surface area contributed by atoms with E-state index in [1.165, 1.54) is 0 Å². The molecule has 3 aromatic rings. The summed E-state index contributed by atoms with van der Waals surface area (Å²) in [6, 6.07) is 3.74. The largest absolute Gasteiger partial charge is 0.331 e. The number of H-pyrrole nitrogens is 1. The van der Waals surface area contributed by atoms with Gasteiger partial charge in [-0.2, -0.15) is 10.2 Å². The van der Waals surface area contributed by atoms with Crippen LogP contribution < -0.4 is 5.32 Å². The predicted octanol–water partition coefficient (Wildman–Crippen LogP) is 2.67. The molecule has 150 valence electrons. The van der Waals surface area contributed by atoms with Gasteiger partial charge in [-0.15, -0.1) is 0 Å². The molecule has 9 nitrogen and oxygen atoms in total. The Morgan fingerprint density at radius 3 is 2.86 bits per heavy atom. The van der Waals surface area contributed by atoms with Crippen LogP contribution in [0.1, 0.15) is 41.7 Å². The number of amides is 1. The highest BCUT2D eigenvalue weighted by Crippen LogP contribution is 2.32. The second-order valence-electron chi connectivity index (χ2n) is 7.26. The van der Waals surface area contributed by atoms with Crippen LogP contribution in [-0.2, 0) is 11.8 Å². The SMILES string of the molecule is Cc1nc(Nc2cc(C)[nH]n2)cc(C2CCCN2C(=O)C=Cc2cnn(C)c2)n1. The average Bonchev–Trinajstić information content (AvgIpc) is 3.41. The van der Waals surface area contributed by atoms with Gasteiger partial charge < -0.3 is 10.2 Å². The Morgan fingerprint density at radius 2 is 2.14 bits per heavy atom. The third-order valence-electron chi connectivity index (χ3n) is 4.84. The minimum atomic E-state index is -0.0655. The minimum Gasteiger partial charge on any atom is -0.331 e. The fraction of sp³-hybridized carbons (Fsp3) is 0.350. The van der Waals surface area contributed by atoms with Gasteiger partial charge in [-0.3, -0.25) is 14.6 Å². The maximum absolute atomic E-state index is 12.8. The van der Waals surface area contributed by atoms with Gasteiger partial charge in [0.25, 0.3) is 0 Å². The smallest absolute Gasteiger partial charge is 0.247 e. The zero-order chi connectivity index (χ0) is 20.4. The number of hydrogen-bond acceptors (Lipinski definition) is 6. The second-order valence-corrected chi connectivity index (χ2v) is 7.26.